The smallest absolute Gasteiger partial charge is 0.228 e. The van der Waals surface area contributed by atoms with Crippen LogP contribution in [0.25, 0.3) is 0 Å². The molecule has 1 N–H and O–H groups in total. The minimum absolute atomic E-state index is 0.0549. The van der Waals surface area contributed by atoms with Gasteiger partial charge in [-0.3, -0.25) is 4.79 Å². The van der Waals surface area contributed by atoms with Crippen LogP contribution >= 0.6 is 0 Å². The van der Waals surface area contributed by atoms with E-state index in [-0.39, 0.29) is 24.8 Å². The summed E-state index contributed by atoms with van der Waals surface area (Å²) in [6, 6.07) is 14.5. The standard InChI is InChI=1S/C16H13FN2O2/c17-13-4-1-3-12(9-13)10-16(20)19-14-5-2-6-15(11-14)21-8-7-18/h1-6,9,11H,8,10H2,(H,19,20). The summed E-state index contributed by atoms with van der Waals surface area (Å²) in [5.41, 5.74) is 1.16. The fourth-order valence-electron chi connectivity index (χ4n) is 1.82. The van der Waals surface area contributed by atoms with Crippen molar-refractivity contribution in [1.29, 1.82) is 5.26 Å². The Morgan fingerprint density at radius 3 is 2.81 bits per heavy atom. The second kappa shape index (κ2) is 7.06. The summed E-state index contributed by atoms with van der Waals surface area (Å²) in [5, 5.41) is 11.2. The van der Waals surface area contributed by atoms with Crippen LogP contribution in [0.3, 0.4) is 0 Å². The van der Waals surface area contributed by atoms with Crippen LogP contribution in [-0.2, 0) is 11.2 Å². The molecule has 0 aliphatic heterocycles. The molecule has 0 fully saturated rings. The Labute approximate surface area is 121 Å². The largest absolute Gasteiger partial charge is 0.479 e. The van der Waals surface area contributed by atoms with Gasteiger partial charge in [-0.1, -0.05) is 18.2 Å². The van der Waals surface area contributed by atoms with Gasteiger partial charge in [0.15, 0.2) is 6.61 Å². The highest BCUT2D eigenvalue weighted by Crippen LogP contribution is 2.17. The number of amides is 1. The Bertz CT molecular complexity index is 680. The summed E-state index contributed by atoms with van der Waals surface area (Å²) in [6.07, 6.45) is 0.0844. The highest BCUT2D eigenvalue weighted by atomic mass is 19.1. The molecule has 21 heavy (non-hydrogen) atoms. The normalized spacial score (nSPS) is 9.71. The number of hydrogen-bond donors (Lipinski definition) is 1. The third-order valence-electron chi connectivity index (χ3n) is 2.67. The number of hydrogen-bond acceptors (Lipinski definition) is 3. The van der Waals surface area contributed by atoms with Gasteiger partial charge in [-0.25, -0.2) is 4.39 Å². The molecule has 0 atom stereocenters. The Hall–Kier alpha value is -2.87. The minimum Gasteiger partial charge on any atom is -0.479 e. The summed E-state index contributed by atoms with van der Waals surface area (Å²) < 4.78 is 18.2. The molecule has 2 rings (SSSR count). The van der Waals surface area contributed by atoms with Gasteiger partial charge in [0.05, 0.1) is 6.42 Å². The molecule has 0 unspecified atom stereocenters. The lowest BCUT2D eigenvalue weighted by atomic mass is 10.1. The maximum Gasteiger partial charge on any atom is 0.228 e. The van der Waals surface area contributed by atoms with E-state index in [0.717, 1.165) is 0 Å². The Morgan fingerprint density at radius 1 is 1.24 bits per heavy atom. The summed E-state index contributed by atoms with van der Waals surface area (Å²) in [6.45, 7) is -0.0549. The lowest BCUT2D eigenvalue weighted by molar-refractivity contribution is -0.115. The summed E-state index contributed by atoms with van der Waals surface area (Å²) in [5.74, 6) is -0.120. The first-order valence-corrected chi connectivity index (χ1v) is 6.31. The molecule has 1 amide bonds. The van der Waals surface area contributed by atoms with Crippen molar-refractivity contribution in [2.24, 2.45) is 0 Å². The van der Waals surface area contributed by atoms with Gasteiger partial charge in [0.1, 0.15) is 17.6 Å². The van der Waals surface area contributed by atoms with Crippen LogP contribution in [-0.4, -0.2) is 12.5 Å². The zero-order valence-corrected chi connectivity index (χ0v) is 11.2. The summed E-state index contributed by atoms with van der Waals surface area (Å²) in [4.78, 5) is 11.9. The molecule has 5 heteroatoms. The topological polar surface area (TPSA) is 62.1 Å². The average Bonchev–Trinajstić information content (AvgIpc) is 2.45. The maximum atomic E-state index is 13.0. The number of anilines is 1. The Balaban J connectivity index is 1.98. The predicted octanol–water partition coefficient (Wildman–Crippen LogP) is 2.91. The fourth-order valence-corrected chi connectivity index (χ4v) is 1.82. The number of benzene rings is 2. The van der Waals surface area contributed by atoms with Gasteiger partial charge in [-0.2, -0.15) is 5.26 Å². The fraction of sp³-hybridized carbons (Fsp3) is 0.125. The maximum absolute atomic E-state index is 13.0. The first kappa shape index (κ1) is 14.5. The molecule has 0 aromatic heterocycles. The second-order valence-corrected chi connectivity index (χ2v) is 4.33. The molecular weight excluding hydrogens is 271 g/mol. The Kier molecular flexibility index (Phi) is 4.89. The SMILES string of the molecule is N#CCOc1cccc(NC(=O)Cc2cccc(F)c2)c1. The van der Waals surface area contributed by atoms with Gasteiger partial charge in [-0.15, -0.1) is 0 Å². The van der Waals surface area contributed by atoms with Crippen LogP contribution in [0.2, 0.25) is 0 Å². The van der Waals surface area contributed by atoms with E-state index in [1.807, 2.05) is 6.07 Å². The highest BCUT2D eigenvalue weighted by Gasteiger charge is 2.05. The van der Waals surface area contributed by atoms with Crippen LogP contribution in [0.1, 0.15) is 5.56 Å². The zero-order chi connectivity index (χ0) is 15.1. The molecule has 2 aromatic rings. The molecule has 4 nitrogen and oxygen atoms in total. The highest BCUT2D eigenvalue weighted by molar-refractivity contribution is 5.92. The third kappa shape index (κ3) is 4.62. The van der Waals surface area contributed by atoms with Crippen LogP contribution in [0.15, 0.2) is 48.5 Å². The molecule has 106 valence electrons. The quantitative estimate of drug-likeness (QED) is 0.918. The lowest BCUT2D eigenvalue weighted by Gasteiger charge is -2.07. The Morgan fingerprint density at radius 2 is 2.05 bits per heavy atom. The van der Waals surface area contributed by atoms with E-state index in [0.29, 0.717) is 17.0 Å². The molecule has 0 bridgehead atoms. The van der Waals surface area contributed by atoms with Crippen molar-refractivity contribution in [3.63, 3.8) is 0 Å². The molecule has 0 radical (unpaired) electrons. The van der Waals surface area contributed by atoms with E-state index in [1.54, 1.807) is 36.4 Å². The van der Waals surface area contributed by atoms with E-state index < -0.39 is 0 Å². The van der Waals surface area contributed by atoms with Crippen molar-refractivity contribution in [3.8, 4) is 11.8 Å². The molecule has 2 aromatic carbocycles. The number of nitrogens with zero attached hydrogens (tertiary/aromatic N) is 1. The number of carbonyl (C=O) groups excluding carboxylic acids is 1. The number of carbonyl (C=O) groups is 1. The van der Waals surface area contributed by atoms with Crippen molar-refractivity contribution < 1.29 is 13.9 Å². The molecule has 0 saturated carbocycles. The van der Waals surface area contributed by atoms with Gasteiger partial charge < -0.3 is 10.1 Å². The number of halogens is 1. The van der Waals surface area contributed by atoms with Gasteiger partial charge in [-0.05, 0) is 29.8 Å². The van der Waals surface area contributed by atoms with Crippen molar-refractivity contribution in [3.05, 3.63) is 59.9 Å². The molecule has 0 aliphatic carbocycles. The van der Waals surface area contributed by atoms with Crippen LogP contribution < -0.4 is 10.1 Å². The van der Waals surface area contributed by atoms with Gasteiger partial charge >= 0.3 is 0 Å². The number of nitriles is 1. The van der Waals surface area contributed by atoms with E-state index in [2.05, 4.69) is 5.32 Å². The minimum atomic E-state index is -0.368. The zero-order valence-electron chi connectivity index (χ0n) is 11.2. The number of ether oxygens (including phenoxy) is 1. The van der Waals surface area contributed by atoms with Crippen molar-refractivity contribution in [2.75, 3.05) is 11.9 Å². The van der Waals surface area contributed by atoms with Crippen molar-refractivity contribution >= 4 is 11.6 Å². The monoisotopic (exact) mass is 284 g/mol. The second-order valence-electron chi connectivity index (χ2n) is 4.33. The molecule has 0 spiro atoms. The van der Waals surface area contributed by atoms with Gasteiger partial charge in [0.2, 0.25) is 5.91 Å². The first-order chi connectivity index (χ1) is 10.2. The van der Waals surface area contributed by atoms with Gasteiger partial charge in [0.25, 0.3) is 0 Å². The van der Waals surface area contributed by atoms with E-state index >= 15 is 0 Å². The summed E-state index contributed by atoms with van der Waals surface area (Å²) in [7, 11) is 0. The lowest BCUT2D eigenvalue weighted by Crippen LogP contribution is -2.14. The van der Waals surface area contributed by atoms with Crippen LogP contribution in [0.4, 0.5) is 10.1 Å². The van der Waals surface area contributed by atoms with Crippen LogP contribution in [0.5, 0.6) is 5.75 Å². The summed E-state index contributed by atoms with van der Waals surface area (Å²) >= 11 is 0. The van der Waals surface area contributed by atoms with E-state index in [1.165, 1.54) is 12.1 Å². The molecule has 0 heterocycles. The van der Waals surface area contributed by atoms with E-state index in [9.17, 15) is 9.18 Å². The average molecular weight is 284 g/mol. The number of rotatable bonds is 5. The van der Waals surface area contributed by atoms with Crippen LogP contribution in [0, 0.1) is 17.1 Å². The van der Waals surface area contributed by atoms with Gasteiger partial charge in [0, 0.05) is 11.8 Å². The predicted molar refractivity (Wildman–Crippen MR) is 76.3 cm³/mol. The third-order valence-corrected chi connectivity index (χ3v) is 2.67. The first-order valence-electron chi connectivity index (χ1n) is 6.31. The van der Waals surface area contributed by atoms with E-state index in [4.69, 9.17) is 10.00 Å². The molecular formula is C16H13FN2O2. The molecule has 0 aliphatic rings. The van der Waals surface area contributed by atoms with Crippen molar-refractivity contribution in [2.45, 2.75) is 6.42 Å². The number of nitrogens with one attached hydrogen (secondary N) is 1. The molecule has 0 saturated heterocycles. The van der Waals surface area contributed by atoms with Crippen molar-refractivity contribution in [1.82, 2.24) is 0 Å².